The summed E-state index contributed by atoms with van der Waals surface area (Å²) in [6, 6.07) is 0. The van der Waals surface area contributed by atoms with Crippen molar-refractivity contribution in [2.45, 2.75) is 24.3 Å². The van der Waals surface area contributed by atoms with Crippen molar-refractivity contribution in [3.05, 3.63) is 12.5 Å². The molecule has 2 N–H and O–H groups in total. The van der Waals surface area contributed by atoms with Crippen molar-refractivity contribution in [3.63, 3.8) is 0 Å². The average molecular weight is 224 g/mol. The van der Waals surface area contributed by atoms with E-state index in [4.69, 9.17) is 5.73 Å². The van der Waals surface area contributed by atoms with Gasteiger partial charge in [0.25, 0.3) is 0 Å². The van der Waals surface area contributed by atoms with Gasteiger partial charge in [0.1, 0.15) is 6.33 Å². The molecule has 1 fully saturated rings. The zero-order valence-electron chi connectivity index (χ0n) is 9.05. The van der Waals surface area contributed by atoms with Gasteiger partial charge in [0.2, 0.25) is 0 Å². The molecule has 2 atom stereocenters. The number of aromatic nitrogens is 2. The molecule has 0 spiro atoms. The Balaban J connectivity index is 2.20. The van der Waals surface area contributed by atoms with Crippen molar-refractivity contribution in [1.29, 1.82) is 0 Å². The average Bonchev–Trinajstić information content (AvgIpc) is 2.16. The Kier molecular flexibility index (Phi) is 3.00. The predicted octanol–water partition coefficient (Wildman–Crippen LogP) is 1.39. The molecule has 0 aromatic carbocycles. The van der Waals surface area contributed by atoms with Gasteiger partial charge in [0.05, 0.1) is 11.9 Å². The third kappa shape index (κ3) is 2.34. The monoisotopic (exact) mass is 224 g/mol. The van der Waals surface area contributed by atoms with Crippen molar-refractivity contribution in [2.24, 2.45) is 0 Å². The number of anilines is 2. The minimum atomic E-state index is 0.628. The number of nitrogen functional groups attached to an aromatic ring is 1. The molecule has 82 valence electrons. The van der Waals surface area contributed by atoms with Crippen molar-refractivity contribution >= 4 is 23.3 Å². The first kappa shape index (κ1) is 10.5. The molecule has 0 bridgehead atoms. The van der Waals surface area contributed by atoms with Crippen LogP contribution in [0.3, 0.4) is 0 Å². The van der Waals surface area contributed by atoms with Crippen LogP contribution in [-0.2, 0) is 0 Å². The van der Waals surface area contributed by atoms with Crippen molar-refractivity contribution in [1.82, 2.24) is 9.97 Å². The van der Waals surface area contributed by atoms with Crippen molar-refractivity contribution < 1.29 is 0 Å². The molecule has 1 aliphatic rings. The molecule has 1 aliphatic heterocycles. The lowest BCUT2D eigenvalue weighted by atomic mass is 10.3. The molecule has 5 heteroatoms. The molecular weight excluding hydrogens is 208 g/mol. The van der Waals surface area contributed by atoms with E-state index in [0.717, 1.165) is 18.9 Å². The highest BCUT2D eigenvalue weighted by Gasteiger charge is 2.24. The van der Waals surface area contributed by atoms with Crippen LogP contribution in [0.1, 0.15) is 13.8 Å². The van der Waals surface area contributed by atoms with Crippen LogP contribution in [0, 0.1) is 0 Å². The fourth-order valence-electron chi connectivity index (χ4n) is 1.95. The highest BCUT2D eigenvalue weighted by molar-refractivity contribution is 8.00. The first-order chi connectivity index (χ1) is 7.16. The summed E-state index contributed by atoms with van der Waals surface area (Å²) in [7, 11) is 0. The Morgan fingerprint density at radius 2 is 2.07 bits per heavy atom. The highest BCUT2D eigenvalue weighted by Crippen LogP contribution is 2.29. The molecule has 2 rings (SSSR count). The van der Waals surface area contributed by atoms with Crippen LogP contribution in [0.25, 0.3) is 0 Å². The Morgan fingerprint density at radius 3 is 2.67 bits per heavy atom. The van der Waals surface area contributed by atoms with E-state index in [1.54, 1.807) is 12.5 Å². The standard InChI is InChI=1S/C10H16N4S/c1-7-4-14(5-8(2)15-7)10-9(11)3-12-6-13-10/h3,6-8H,4-5,11H2,1-2H3. The molecule has 4 nitrogen and oxygen atoms in total. The van der Waals surface area contributed by atoms with Gasteiger partial charge in [0.15, 0.2) is 5.82 Å². The maximum Gasteiger partial charge on any atom is 0.155 e. The SMILES string of the molecule is CC1CN(c2ncncc2N)CC(C)S1. The van der Waals surface area contributed by atoms with Crippen LogP contribution >= 0.6 is 11.8 Å². The first-order valence-electron chi connectivity index (χ1n) is 5.12. The van der Waals surface area contributed by atoms with E-state index in [1.165, 1.54) is 0 Å². The summed E-state index contributed by atoms with van der Waals surface area (Å²) in [5.41, 5.74) is 6.54. The molecule has 15 heavy (non-hydrogen) atoms. The number of nitrogens with two attached hydrogens (primary N) is 1. The van der Waals surface area contributed by atoms with E-state index in [1.807, 2.05) is 11.8 Å². The van der Waals surface area contributed by atoms with Crippen LogP contribution in [0.2, 0.25) is 0 Å². The number of hydrogen-bond donors (Lipinski definition) is 1. The third-order valence-corrected chi connectivity index (χ3v) is 3.67. The Hall–Kier alpha value is -0.970. The molecule has 0 amide bonds. The van der Waals surface area contributed by atoms with Gasteiger partial charge >= 0.3 is 0 Å². The van der Waals surface area contributed by atoms with E-state index in [2.05, 4.69) is 28.7 Å². The second-order valence-corrected chi connectivity index (χ2v) is 5.85. The lowest BCUT2D eigenvalue weighted by Crippen LogP contribution is -2.41. The highest BCUT2D eigenvalue weighted by atomic mass is 32.2. The summed E-state index contributed by atoms with van der Waals surface area (Å²) in [5, 5.41) is 1.26. The number of thioether (sulfide) groups is 1. The summed E-state index contributed by atoms with van der Waals surface area (Å²) in [5.74, 6) is 0.879. The fourth-order valence-corrected chi connectivity index (χ4v) is 3.27. The van der Waals surface area contributed by atoms with E-state index in [9.17, 15) is 0 Å². The van der Waals surface area contributed by atoms with Gasteiger partial charge in [-0.15, -0.1) is 0 Å². The van der Waals surface area contributed by atoms with Crippen molar-refractivity contribution in [3.8, 4) is 0 Å². The first-order valence-corrected chi connectivity index (χ1v) is 6.07. The second-order valence-electron chi connectivity index (χ2n) is 3.96. The van der Waals surface area contributed by atoms with Crippen LogP contribution in [0.4, 0.5) is 11.5 Å². The van der Waals surface area contributed by atoms with Gasteiger partial charge < -0.3 is 10.6 Å². The van der Waals surface area contributed by atoms with Gasteiger partial charge in [-0.25, -0.2) is 9.97 Å². The van der Waals surface area contributed by atoms with E-state index in [-0.39, 0.29) is 0 Å². The van der Waals surface area contributed by atoms with Gasteiger partial charge in [0, 0.05) is 23.6 Å². The van der Waals surface area contributed by atoms with E-state index >= 15 is 0 Å². The van der Waals surface area contributed by atoms with Crippen LogP contribution in [0.15, 0.2) is 12.5 Å². The molecule has 2 unspecified atom stereocenters. The zero-order chi connectivity index (χ0) is 10.8. The second kappa shape index (κ2) is 4.26. The molecule has 2 heterocycles. The molecule has 0 aliphatic carbocycles. The van der Waals surface area contributed by atoms with Gasteiger partial charge in [-0.1, -0.05) is 13.8 Å². The summed E-state index contributed by atoms with van der Waals surface area (Å²) in [6.45, 7) is 6.50. The quantitative estimate of drug-likeness (QED) is 0.781. The smallest absolute Gasteiger partial charge is 0.155 e. The fraction of sp³-hybridized carbons (Fsp3) is 0.600. The predicted molar refractivity (Wildman–Crippen MR) is 65.2 cm³/mol. The van der Waals surface area contributed by atoms with E-state index in [0.29, 0.717) is 16.2 Å². The third-order valence-electron chi connectivity index (χ3n) is 2.44. The Morgan fingerprint density at radius 1 is 1.40 bits per heavy atom. The molecular formula is C10H16N4S. The Bertz CT molecular complexity index is 334. The van der Waals surface area contributed by atoms with Crippen molar-refractivity contribution in [2.75, 3.05) is 23.7 Å². The van der Waals surface area contributed by atoms with Crippen LogP contribution < -0.4 is 10.6 Å². The topological polar surface area (TPSA) is 55.0 Å². The summed E-state index contributed by atoms with van der Waals surface area (Å²) in [4.78, 5) is 10.4. The molecule has 1 aromatic heterocycles. The van der Waals surface area contributed by atoms with Crippen LogP contribution in [-0.4, -0.2) is 33.6 Å². The maximum atomic E-state index is 5.87. The maximum absolute atomic E-state index is 5.87. The lowest BCUT2D eigenvalue weighted by Gasteiger charge is -2.35. The minimum Gasteiger partial charge on any atom is -0.394 e. The van der Waals surface area contributed by atoms with Gasteiger partial charge in [-0.2, -0.15) is 11.8 Å². The normalized spacial score (nSPS) is 26.7. The largest absolute Gasteiger partial charge is 0.394 e. The Labute approximate surface area is 94.3 Å². The molecule has 0 saturated carbocycles. The summed E-state index contributed by atoms with van der Waals surface area (Å²) < 4.78 is 0. The number of rotatable bonds is 1. The molecule has 1 aromatic rings. The van der Waals surface area contributed by atoms with Gasteiger partial charge in [-0.3, -0.25) is 0 Å². The van der Waals surface area contributed by atoms with Gasteiger partial charge in [-0.05, 0) is 0 Å². The molecule has 1 saturated heterocycles. The van der Waals surface area contributed by atoms with E-state index < -0.39 is 0 Å². The zero-order valence-corrected chi connectivity index (χ0v) is 9.87. The lowest BCUT2D eigenvalue weighted by molar-refractivity contribution is 0.718. The number of nitrogens with zero attached hydrogens (tertiary/aromatic N) is 3. The number of hydrogen-bond acceptors (Lipinski definition) is 5. The van der Waals surface area contributed by atoms with Crippen LogP contribution in [0.5, 0.6) is 0 Å². The molecule has 0 radical (unpaired) electrons. The summed E-state index contributed by atoms with van der Waals surface area (Å²) >= 11 is 2.02. The minimum absolute atomic E-state index is 0.628. The summed E-state index contributed by atoms with van der Waals surface area (Å²) in [6.07, 6.45) is 3.22.